The van der Waals surface area contributed by atoms with Crippen LogP contribution in [-0.2, 0) is 0 Å². The molecule has 4 nitrogen and oxygen atoms in total. The highest BCUT2D eigenvalue weighted by Crippen LogP contribution is 2.16. The van der Waals surface area contributed by atoms with E-state index < -0.39 is 0 Å². The van der Waals surface area contributed by atoms with Gasteiger partial charge < -0.3 is 10.5 Å². The van der Waals surface area contributed by atoms with Gasteiger partial charge in [0.1, 0.15) is 5.15 Å². The molecule has 0 amide bonds. The van der Waals surface area contributed by atoms with E-state index in [0.717, 1.165) is 12.8 Å². The van der Waals surface area contributed by atoms with Crippen LogP contribution in [-0.4, -0.2) is 16.1 Å². The average molecular weight is 216 g/mol. The van der Waals surface area contributed by atoms with Crippen molar-refractivity contribution in [1.82, 2.24) is 9.97 Å². The summed E-state index contributed by atoms with van der Waals surface area (Å²) >= 11 is 5.70. The molecule has 0 aliphatic rings. The third-order valence-electron chi connectivity index (χ3n) is 1.71. The van der Waals surface area contributed by atoms with Gasteiger partial charge in [0.05, 0.1) is 6.10 Å². The third kappa shape index (κ3) is 3.38. The summed E-state index contributed by atoms with van der Waals surface area (Å²) in [5, 5.41) is 0.302. The number of halogens is 1. The predicted molar refractivity (Wildman–Crippen MR) is 56.5 cm³/mol. The van der Waals surface area contributed by atoms with Crippen molar-refractivity contribution in [2.75, 3.05) is 5.73 Å². The minimum Gasteiger partial charge on any atom is -0.474 e. The topological polar surface area (TPSA) is 61.0 Å². The van der Waals surface area contributed by atoms with Crippen molar-refractivity contribution in [2.24, 2.45) is 0 Å². The first-order valence-corrected chi connectivity index (χ1v) is 4.96. The molecule has 0 bridgehead atoms. The smallest absolute Gasteiger partial charge is 0.224 e. The molecule has 1 aromatic heterocycles. The second-order valence-electron chi connectivity index (χ2n) is 3.10. The Balaban J connectivity index is 2.66. The summed E-state index contributed by atoms with van der Waals surface area (Å²) in [4.78, 5) is 7.66. The van der Waals surface area contributed by atoms with Gasteiger partial charge in [-0.3, -0.25) is 0 Å². The Bertz CT molecular complexity index is 286. The van der Waals surface area contributed by atoms with Crippen LogP contribution in [0.1, 0.15) is 26.7 Å². The maximum absolute atomic E-state index is 5.70. The lowest BCUT2D eigenvalue weighted by Gasteiger charge is -2.12. The molecular weight excluding hydrogens is 202 g/mol. The number of nitrogens with zero attached hydrogens (tertiary/aromatic N) is 2. The predicted octanol–water partition coefficient (Wildman–Crippen LogP) is 2.28. The second kappa shape index (κ2) is 5.00. The quantitative estimate of drug-likeness (QED) is 0.783. The van der Waals surface area contributed by atoms with Crippen LogP contribution in [0, 0.1) is 0 Å². The Morgan fingerprint density at radius 1 is 1.57 bits per heavy atom. The highest BCUT2D eigenvalue weighted by molar-refractivity contribution is 6.29. The zero-order valence-corrected chi connectivity index (χ0v) is 9.08. The van der Waals surface area contributed by atoms with E-state index in [4.69, 9.17) is 22.1 Å². The van der Waals surface area contributed by atoms with Gasteiger partial charge in [-0.1, -0.05) is 24.9 Å². The summed E-state index contributed by atoms with van der Waals surface area (Å²) in [6.45, 7) is 4.08. The Morgan fingerprint density at radius 3 is 2.86 bits per heavy atom. The van der Waals surface area contributed by atoms with E-state index in [-0.39, 0.29) is 12.1 Å². The second-order valence-corrected chi connectivity index (χ2v) is 3.49. The molecule has 1 aromatic rings. The number of aromatic nitrogens is 2. The third-order valence-corrected chi connectivity index (χ3v) is 1.90. The van der Waals surface area contributed by atoms with E-state index in [1.165, 1.54) is 0 Å². The van der Waals surface area contributed by atoms with Crippen molar-refractivity contribution in [3.8, 4) is 5.88 Å². The number of nitrogens with two attached hydrogens (primary N) is 1. The molecule has 0 aromatic carbocycles. The Labute approximate surface area is 88.5 Å². The van der Waals surface area contributed by atoms with Crippen LogP contribution in [0.5, 0.6) is 5.88 Å². The maximum atomic E-state index is 5.70. The fourth-order valence-electron chi connectivity index (χ4n) is 1.15. The fourth-order valence-corrected chi connectivity index (χ4v) is 1.33. The lowest BCUT2D eigenvalue weighted by molar-refractivity contribution is 0.201. The molecule has 5 heteroatoms. The van der Waals surface area contributed by atoms with Crippen LogP contribution in [0.15, 0.2) is 6.07 Å². The Kier molecular flexibility index (Phi) is 3.95. The molecule has 1 unspecified atom stereocenters. The molecule has 14 heavy (non-hydrogen) atoms. The first kappa shape index (κ1) is 11.0. The molecule has 1 heterocycles. The minimum atomic E-state index is 0.116. The SMILES string of the molecule is CCCC(C)Oc1cc(Cl)nc(N)n1. The lowest BCUT2D eigenvalue weighted by atomic mass is 10.2. The highest BCUT2D eigenvalue weighted by atomic mass is 35.5. The van der Waals surface area contributed by atoms with Crippen molar-refractivity contribution in [3.63, 3.8) is 0 Å². The summed E-state index contributed by atoms with van der Waals surface area (Å²) in [7, 11) is 0. The number of nitrogen functional groups attached to an aromatic ring is 1. The molecule has 0 aliphatic heterocycles. The monoisotopic (exact) mass is 215 g/mol. The molecule has 0 spiro atoms. The number of rotatable bonds is 4. The normalized spacial score (nSPS) is 12.5. The van der Waals surface area contributed by atoms with Gasteiger partial charge in [-0.15, -0.1) is 0 Å². The average Bonchev–Trinajstić information content (AvgIpc) is 2.01. The number of hydrogen-bond donors (Lipinski definition) is 1. The van der Waals surface area contributed by atoms with E-state index in [0.29, 0.717) is 11.0 Å². The summed E-state index contributed by atoms with van der Waals surface area (Å²) in [6, 6.07) is 1.56. The highest BCUT2D eigenvalue weighted by Gasteiger charge is 2.06. The van der Waals surface area contributed by atoms with Gasteiger partial charge >= 0.3 is 0 Å². The fraction of sp³-hybridized carbons (Fsp3) is 0.556. The van der Waals surface area contributed by atoms with Crippen LogP contribution in [0.4, 0.5) is 5.95 Å². The summed E-state index contributed by atoms with van der Waals surface area (Å²) in [6.07, 6.45) is 2.15. The number of ether oxygens (including phenoxy) is 1. The molecule has 1 atom stereocenters. The van der Waals surface area contributed by atoms with Gasteiger partial charge in [-0.05, 0) is 13.3 Å². The standard InChI is InChI=1S/C9H14ClN3O/c1-3-4-6(2)14-8-5-7(10)12-9(11)13-8/h5-6H,3-4H2,1-2H3,(H2,11,12,13). The van der Waals surface area contributed by atoms with E-state index >= 15 is 0 Å². The summed E-state index contributed by atoms with van der Waals surface area (Å²) in [5.41, 5.74) is 5.42. The molecule has 2 N–H and O–H groups in total. The summed E-state index contributed by atoms with van der Waals surface area (Å²) < 4.78 is 5.50. The number of hydrogen-bond acceptors (Lipinski definition) is 4. The van der Waals surface area contributed by atoms with Crippen LogP contribution in [0.3, 0.4) is 0 Å². The van der Waals surface area contributed by atoms with Gasteiger partial charge in [0, 0.05) is 6.07 Å². The van der Waals surface area contributed by atoms with E-state index in [2.05, 4.69) is 16.9 Å². The van der Waals surface area contributed by atoms with Gasteiger partial charge in [-0.2, -0.15) is 4.98 Å². The Hall–Kier alpha value is -1.03. The van der Waals surface area contributed by atoms with Crippen molar-refractivity contribution in [3.05, 3.63) is 11.2 Å². The molecule has 0 aliphatic carbocycles. The van der Waals surface area contributed by atoms with E-state index in [9.17, 15) is 0 Å². The van der Waals surface area contributed by atoms with Crippen LogP contribution >= 0.6 is 11.6 Å². The van der Waals surface area contributed by atoms with Gasteiger partial charge in [0.15, 0.2) is 0 Å². The zero-order chi connectivity index (χ0) is 10.6. The molecular formula is C9H14ClN3O. The maximum Gasteiger partial charge on any atom is 0.224 e. The van der Waals surface area contributed by atoms with Crippen molar-refractivity contribution < 1.29 is 4.74 Å². The van der Waals surface area contributed by atoms with Crippen molar-refractivity contribution in [2.45, 2.75) is 32.8 Å². The van der Waals surface area contributed by atoms with Gasteiger partial charge in [0.2, 0.25) is 11.8 Å². The van der Waals surface area contributed by atoms with E-state index in [1.54, 1.807) is 6.07 Å². The minimum absolute atomic E-state index is 0.116. The van der Waals surface area contributed by atoms with Crippen LogP contribution < -0.4 is 10.5 Å². The Morgan fingerprint density at radius 2 is 2.29 bits per heavy atom. The van der Waals surface area contributed by atoms with Crippen molar-refractivity contribution in [1.29, 1.82) is 0 Å². The first-order valence-electron chi connectivity index (χ1n) is 4.58. The molecule has 0 fully saturated rings. The van der Waals surface area contributed by atoms with Crippen LogP contribution in [0.25, 0.3) is 0 Å². The molecule has 1 rings (SSSR count). The molecule has 0 saturated heterocycles. The molecule has 0 radical (unpaired) electrons. The van der Waals surface area contributed by atoms with E-state index in [1.807, 2.05) is 6.92 Å². The summed E-state index contributed by atoms with van der Waals surface area (Å²) in [5.74, 6) is 0.569. The van der Waals surface area contributed by atoms with Crippen LogP contribution in [0.2, 0.25) is 5.15 Å². The number of anilines is 1. The van der Waals surface area contributed by atoms with Gasteiger partial charge in [-0.25, -0.2) is 4.98 Å². The van der Waals surface area contributed by atoms with Crippen molar-refractivity contribution >= 4 is 17.5 Å². The molecule has 78 valence electrons. The zero-order valence-electron chi connectivity index (χ0n) is 8.33. The molecule has 0 saturated carbocycles. The van der Waals surface area contributed by atoms with Gasteiger partial charge in [0.25, 0.3) is 0 Å². The lowest BCUT2D eigenvalue weighted by Crippen LogP contribution is -2.12. The largest absolute Gasteiger partial charge is 0.474 e. The first-order chi connectivity index (χ1) is 6.61.